The van der Waals surface area contributed by atoms with E-state index in [1.807, 2.05) is 0 Å². The standard InChI is InChI=1S/C10H15N3O4/c1-6-4-8(13(2)12-6)9(15)11-7(5-14)10(16)17-3/h4,7,14H,5H2,1-3H3,(H,11,15). The zero-order chi connectivity index (χ0) is 13.0. The average molecular weight is 241 g/mol. The lowest BCUT2D eigenvalue weighted by Gasteiger charge is -2.13. The third kappa shape index (κ3) is 3.04. The normalized spacial score (nSPS) is 12.0. The molecule has 7 heteroatoms. The third-order valence-electron chi connectivity index (χ3n) is 2.21. The highest BCUT2D eigenvalue weighted by Gasteiger charge is 2.22. The van der Waals surface area contributed by atoms with Gasteiger partial charge in [-0.05, 0) is 13.0 Å². The molecule has 0 spiro atoms. The minimum absolute atomic E-state index is 0.310. The highest BCUT2D eigenvalue weighted by Crippen LogP contribution is 2.02. The highest BCUT2D eigenvalue weighted by molar-refractivity contribution is 5.95. The lowest BCUT2D eigenvalue weighted by atomic mass is 10.3. The van der Waals surface area contributed by atoms with Crippen LogP contribution < -0.4 is 5.32 Å². The Balaban J connectivity index is 2.78. The minimum Gasteiger partial charge on any atom is -0.467 e. The number of carbonyl (C=O) groups excluding carboxylic acids is 2. The van der Waals surface area contributed by atoms with E-state index in [2.05, 4.69) is 15.2 Å². The summed E-state index contributed by atoms with van der Waals surface area (Å²) in [6, 6.07) is 0.517. The topological polar surface area (TPSA) is 93.4 Å². The van der Waals surface area contributed by atoms with Gasteiger partial charge >= 0.3 is 5.97 Å². The van der Waals surface area contributed by atoms with Crippen LogP contribution in [0.2, 0.25) is 0 Å². The fraction of sp³-hybridized carbons (Fsp3) is 0.500. The summed E-state index contributed by atoms with van der Waals surface area (Å²) in [5.41, 5.74) is 1.00. The quantitative estimate of drug-likeness (QED) is 0.659. The van der Waals surface area contributed by atoms with E-state index in [1.54, 1.807) is 20.0 Å². The van der Waals surface area contributed by atoms with Crippen molar-refractivity contribution in [2.45, 2.75) is 13.0 Å². The Hall–Kier alpha value is -1.89. The van der Waals surface area contributed by atoms with E-state index < -0.39 is 24.5 Å². The van der Waals surface area contributed by atoms with Crippen LogP contribution in [0.3, 0.4) is 0 Å². The van der Waals surface area contributed by atoms with Crippen LogP contribution in [0.5, 0.6) is 0 Å². The fourth-order valence-electron chi connectivity index (χ4n) is 1.38. The van der Waals surface area contributed by atoms with Crippen LogP contribution in [0.4, 0.5) is 0 Å². The van der Waals surface area contributed by atoms with Crippen molar-refractivity contribution in [3.63, 3.8) is 0 Å². The summed E-state index contributed by atoms with van der Waals surface area (Å²) in [6.45, 7) is 1.23. The number of amides is 1. The minimum atomic E-state index is -1.07. The Morgan fingerprint density at radius 3 is 2.71 bits per heavy atom. The second-order valence-electron chi connectivity index (χ2n) is 3.53. The maximum Gasteiger partial charge on any atom is 0.330 e. The van der Waals surface area contributed by atoms with Gasteiger partial charge < -0.3 is 15.2 Å². The Labute approximate surface area is 98.4 Å². The summed E-state index contributed by atoms with van der Waals surface area (Å²) in [5, 5.41) is 15.3. The van der Waals surface area contributed by atoms with Gasteiger partial charge in [0.25, 0.3) is 5.91 Å². The maximum atomic E-state index is 11.8. The van der Waals surface area contributed by atoms with Crippen molar-refractivity contribution in [2.75, 3.05) is 13.7 Å². The summed E-state index contributed by atoms with van der Waals surface area (Å²) in [5.74, 6) is -1.18. The first kappa shape index (κ1) is 13.2. The first-order valence-electron chi connectivity index (χ1n) is 4.99. The van der Waals surface area contributed by atoms with E-state index in [9.17, 15) is 9.59 Å². The van der Waals surface area contributed by atoms with Crippen molar-refractivity contribution >= 4 is 11.9 Å². The number of methoxy groups -OCH3 is 1. The number of aryl methyl sites for hydroxylation is 2. The Kier molecular flexibility index (Phi) is 4.22. The molecule has 1 atom stereocenters. The molecule has 0 aliphatic rings. The van der Waals surface area contributed by atoms with Gasteiger partial charge in [-0.1, -0.05) is 0 Å². The number of aromatic nitrogens is 2. The lowest BCUT2D eigenvalue weighted by molar-refractivity contribution is -0.143. The van der Waals surface area contributed by atoms with Crippen LogP contribution in [-0.4, -0.2) is 46.5 Å². The van der Waals surface area contributed by atoms with Gasteiger partial charge in [0.1, 0.15) is 5.69 Å². The molecule has 0 bridgehead atoms. The van der Waals surface area contributed by atoms with E-state index in [-0.39, 0.29) is 0 Å². The molecule has 0 fully saturated rings. The van der Waals surface area contributed by atoms with E-state index in [1.165, 1.54) is 11.8 Å². The van der Waals surface area contributed by atoms with Crippen molar-refractivity contribution in [1.82, 2.24) is 15.1 Å². The van der Waals surface area contributed by atoms with Crippen molar-refractivity contribution in [3.8, 4) is 0 Å². The predicted molar refractivity (Wildman–Crippen MR) is 58.3 cm³/mol. The number of nitrogens with one attached hydrogen (secondary N) is 1. The Morgan fingerprint density at radius 2 is 2.29 bits per heavy atom. The Bertz CT molecular complexity index is 427. The summed E-state index contributed by atoms with van der Waals surface area (Å²) in [6.07, 6.45) is 0. The molecule has 0 aliphatic heterocycles. The van der Waals surface area contributed by atoms with Gasteiger partial charge in [-0.3, -0.25) is 9.48 Å². The summed E-state index contributed by atoms with van der Waals surface area (Å²) in [4.78, 5) is 23.0. The molecule has 17 heavy (non-hydrogen) atoms. The number of aliphatic hydroxyl groups excluding tert-OH is 1. The number of aliphatic hydroxyl groups is 1. The molecule has 1 rings (SSSR count). The third-order valence-corrected chi connectivity index (χ3v) is 2.21. The number of nitrogens with zero attached hydrogens (tertiary/aromatic N) is 2. The first-order chi connectivity index (χ1) is 7.99. The van der Waals surface area contributed by atoms with Crippen LogP contribution >= 0.6 is 0 Å². The lowest BCUT2D eigenvalue weighted by Crippen LogP contribution is -2.44. The van der Waals surface area contributed by atoms with Gasteiger partial charge in [-0.15, -0.1) is 0 Å². The molecular weight excluding hydrogens is 226 g/mol. The average Bonchev–Trinajstić information content (AvgIpc) is 2.64. The van der Waals surface area contributed by atoms with E-state index >= 15 is 0 Å². The molecule has 1 heterocycles. The molecule has 0 aliphatic carbocycles. The maximum absolute atomic E-state index is 11.8. The van der Waals surface area contributed by atoms with Crippen LogP contribution in [0, 0.1) is 6.92 Å². The number of ether oxygens (including phenoxy) is 1. The molecule has 1 amide bonds. The second-order valence-corrected chi connectivity index (χ2v) is 3.53. The molecule has 1 aromatic rings. The summed E-state index contributed by atoms with van der Waals surface area (Å²) < 4.78 is 5.84. The fourth-order valence-corrected chi connectivity index (χ4v) is 1.38. The molecule has 1 unspecified atom stereocenters. The predicted octanol–water partition coefficient (Wildman–Crippen LogP) is -1.01. The molecule has 94 valence electrons. The SMILES string of the molecule is COC(=O)C(CO)NC(=O)c1cc(C)nn1C. The van der Waals surface area contributed by atoms with Gasteiger partial charge in [0, 0.05) is 7.05 Å². The zero-order valence-electron chi connectivity index (χ0n) is 9.93. The zero-order valence-corrected chi connectivity index (χ0v) is 9.93. The van der Waals surface area contributed by atoms with Gasteiger partial charge in [0.05, 0.1) is 19.4 Å². The van der Waals surface area contributed by atoms with E-state index in [0.717, 1.165) is 0 Å². The molecule has 1 aromatic heterocycles. The van der Waals surface area contributed by atoms with Crippen molar-refractivity contribution in [2.24, 2.45) is 7.05 Å². The number of hydrogen-bond acceptors (Lipinski definition) is 5. The van der Waals surface area contributed by atoms with E-state index in [4.69, 9.17) is 5.11 Å². The second kappa shape index (κ2) is 5.44. The molecule has 7 nitrogen and oxygen atoms in total. The van der Waals surface area contributed by atoms with Crippen molar-refractivity contribution in [1.29, 1.82) is 0 Å². The smallest absolute Gasteiger partial charge is 0.330 e. The molecule has 0 aromatic carbocycles. The number of hydrogen-bond donors (Lipinski definition) is 2. The number of carbonyl (C=O) groups is 2. The van der Waals surface area contributed by atoms with Crippen LogP contribution in [-0.2, 0) is 16.6 Å². The van der Waals surface area contributed by atoms with Gasteiger partial charge in [-0.25, -0.2) is 4.79 Å². The number of rotatable bonds is 4. The molecule has 0 saturated heterocycles. The first-order valence-corrected chi connectivity index (χ1v) is 4.99. The van der Waals surface area contributed by atoms with Crippen LogP contribution in [0.25, 0.3) is 0 Å². The van der Waals surface area contributed by atoms with Gasteiger partial charge in [0.15, 0.2) is 6.04 Å². The molecule has 0 saturated carbocycles. The highest BCUT2D eigenvalue weighted by atomic mass is 16.5. The van der Waals surface area contributed by atoms with Gasteiger partial charge in [-0.2, -0.15) is 5.10 Å². The Morgan fingerprint density at radius 1 is 1.65 bits per heavy atom. The number of esters is 1. The van der Waals surface area contributed by atoms with Crippen molar-refractivity contribution in [3.05, 3.63) is 17.5 Å². The molecular formula is C10H15N3O4. The molecule has 0 radical (unpaired) electrons. The van der Waals surface area contributed by atoms with Crippen molar-refractivity contribution < 1.29 is 19.4 Å². The summed E-state index contributed by atoms with van der Waals surface area (Å²) >= 11 is 0. The monoisotopic (exact) mass is 241 g/mol. The van der Waals surface area contributed by atoms with Crippen LogP contribution in [0.1, 0.15) is 16.2 Å². The van der Waals surface area contributed by atoms with E-state index in [0.29, 0.717) is 11.4 Å². The summed E-state index contributed by atoms with van der Waals surface area (Å²) in [7, 11) is 2.80. The molecule has 2 N–H and O–H groups in total. The van der Waals surface area contributed by atoms with Gasteiger partial charge in [0.2, 0.25) is 0 Å². The van der Waals surface area contributed by atoms with Crippen LogP contribution in [0.15, 0.2) is 6.07 Å². The largest absolute Gasteiger partial charge is 0.467 e.